The van der Waals surface area contributed by atoms with Gasteiger partial charge in [0.15, 0.2) is 5.78 Å². The number of nitrogens with one attached hydrogen (secondary N) is 1. The zero-order chi connectivity index (χ0) is 15.7. The van der Waals surface area contributed by atoms with Crippen LogP contribution in [0.15, 0.2) is 57.8 Å². The van der Waals surface area contributed by atoms with Gasteiger partial charge in [-0.2, -0.15) is 0 Å². The van der Waals surface area contributed by atoms with Gasteiger partial charge in [-0.1, -0.05) is 24.3 Å². The van der Waals surface area contributed by atoms with Crippen molar-refractivity contribution >= 4 is 28.4 Å². The van der Waals surface area contributed by atoms with Gasteiger partial charge in [-0.3, -0.25) is 4.79 Å². The Morgan fingerprint density at radius 1 is 1.09 bits per heavy atom. The zero-order valence-electron chi connectivity index (χ0n) is 11.7. The summed E-state index contributed by atoms with van der Waals surface area (Å²) in [7, 11) is 0. The number of aromatic nitrogens is 1. The van der Waals surface area contributed by atoms with Crippen molar-refractivity contribution in [3.63, 3.8) is 0 Å². The third-order valence-corrected chi connectivity index (χ3v) is 3.22. The van der Waals surface area contributed by atoms with Gasteiger partial charge in [-0.25, -0.2) is 9.59 Å². The van der Waals surface area contributed by atoms with Gasteiger partial charge in [0.05, 0.1) is 5.39 Å². The van der Waals surface area contributed by atoms with Crippen LogP contribution in [0.25, 0.3) is 10.9 Å². The summed E-state index contributed by atoms with van der Waals surface area (Å²) in [5, 5.41) is 2.93. The lowest BCUT2D eigenvalue weighted by molar-refractivity contribution is 0.101. The molecule has 0 saturated carbocycles. The second-order valence-corrected chi connectivity index (χ2v) is 4.76. The predicted molar refractivity (Wildman–Crippen MR) is 81.3 cm³/mol. The van der Waals surface area contributed by atoms with E-state index in [9.17, 15) is 14.4 Å². The molecule has 0 aliphatic carbocycles. The monoisotopic (exact) mass is 296 g/mol. The van der Waals surface area contributed by atoms with Gasteiger partial charge in [-0.15, -0.1) is 4.74 Å². The minimum absolute atomic E-state index is 0.103. The number of hydrogen-bond donors (Lipinski definition) is 1. The number of carbonyl (C=O) groups is 2. The van der Waals surface area contributed by atoms with Gasteiger partial charge in [0.1, 0.15) is 5.52 Å². The van der Waals surface area contributed by atoms with Crippen molar-refractivity contribution in [3.8, 4) is 0 Å². The minimum atomic E-state index is -0.612. The summed E-state index contributed by atoms with van der Waals surface area (Å²) in [5.41, 5.74) is 0.728. The summed E-state index contributed by atoms with van der Waals surface area (Å²) in [4.78, 5) is 35.3. The molecule has 0 spiro atoms. The fourth-order valence-corrected chi connectivity index (χ4v) is 2.15. The Labute approximate surface area is 124 Å². The molecule has 1 aromatic heterocycles. The van der Waals surface area contributed by atoms with E-state index in [1.807, 2.05) is 0 Å². The topological polar surface area (TPSA) is 81.3 Å². The average molecular weight is 296 g/mol. The number of benzene rings is 2. The van der Waals surface area contributed by atoms with Crippen LogP contribution in [0.3, 0.4) is 0 Å². The molecule has 1 heterocycles. The standard InChI is InChI=1S/C16H12N2O4/c1-10(19)11-5-4-6-12(9-11)17-16(21)18-14-8-3-2-7-13(14)15(20)22-18/h2-9H,1H3,(H,17,21). The van der Waals surface area contributed by atoms with E-state index in [0.717, 1.165) is 4.74 Å². The highest BCUT2D eigenvalue weighted by molar-refractivity contribution is 5.99. The van der Waals surface area contributed by atoms with Crippen molar-refractivity contribution in [1.29, 1.82) is 0 Å². The molecule has 0 bridgehead atoms. The summed E-state index contributed by atoms with van der Waals surface area (Å²) in [6.07, 6.45) is 0. The van der Waals surface area contributed by atoms with Crippen LogP contribution in [0.2, 0.25) is 0 Å². The van der Waals surface area contributed by atoms with Crippen molar-refractivity contribution in [2.24, 2.45) is 0 Å². The fraction of sp³-hybridized carbons (Fsp3) is 0.0625. The highest BCUT2D eigenvalue weighted by Crippen LogP contribution is 2.14. The molecular formula is C16H12N2O4. The van der Waals surface area contributed by atoms with Crippen molar-refractivity contribution in [2.45, 2.75) is 6.92 Å². The molecule has 0 radical (unpaired) electrons. The van der Waals surface area contributed by atoms with Crippen molar-refractivity contribution in [1.82, 2.24) is 4.74 Å². The molecule has 1 amide bonds. The summed E-state index contributed by atoms with van der Waals surface area (Å²) in [5.74, 6) is -0.103. The van der Waals surface area contributed by atoms with Gasteiger partial charge < -0.3 is 9.84 Å². The van der Waals surface area contributed by atoms with Crippen LogP contribution >= 0.6 is 0 Å². The van der Waals surface area contributed by atoms with E-state index in [1.54, 1.807) is 48.5 Å². The van der Waals surface area contributed by atoms with Crippen LogP contribution in [0.1, 0.15) is 17.3 Å². The first-order valence-corrected chi connectivity index (χ1v) is 6.60. The van der Waals surface area contributed by atoms with Crippen LogP contribution < -0.4 is 10.9 Å². The predicted octanol–water partition coefficient (Wildman–Crippen LogP) is 2.88. The molecular weight excluding hydrogens is 284 g/mol. The number of rotatable bonds is 2. The molecule has 2 aromatic carbocycles. The van der Waals surface area contributed by atoms with E-state index in [-0.39, 0.29) is 5.78 Å². The lowest BCUT2D eigenvalue weighted by atomic mass is 10.1. The smallest absolute Gasteiger partial charge is 0.326 e. The first kappa shape index (κ1) is 13.8. The van der Waals surface area contributed by atoms with Crippen LogP contribution in [-0.4, -0.2) is 16.6 Å². The lowest BCUT2D eigenvalue weighted by Gasteiger charge is -2.06. The fourth-order valence-electron chi connectivity index (χ4n) is 2.15. The average Bonchev–Trinajstić information content (AvgIpc) is 2.85. The molecule has 0 aliphatic rings. The zero-order valence-corrected chi connectivity index (χ0v) is 11.7. The Kier molecular flexibility index (Phi) is 3.34. The second kappa shape index (κ2) is 5.33. The highest BCUT2D eigenvalue weighted by atomic mass is 16.5. The third kappa shape index (κ3) is 2.42. The summed E-state index contributed by atoms with van der Waals surface area (Å²) in [6.45, 7) is 1.44. The van der Waals surface area contributed by atoms with Crippen molar-refractivity contribution < 1.29 is 14.1 Å². The molecule has 3 rings (SSSR count). The Bertz CT molecular complexity index is 936. The Balaban J connectivity index is 1.96. The van der Waals surface area contributed by atoms with Gasteiger partial charge >= 0.3 is 11.7 Å². The summed E-state index contributed by atoms with van der Waals surface area (Å²) in [6, 6.07) is 12.5. The molecule has 22 heavy (non-hydrogen) atoms. The lowest BCUT2D eigenvalue weighted by Crippen LogP contribution is -2.19. The van der Waals surface area contributed by atoms with E-state index < -0.39 is 11.7 Å². The van der Waals surface area contributed by atoms with Gasteiger partial charge in [0.25, 0.3) is 0 Å². The number of para-hydroxylation sites is 1. The van der Waals surface area contributed by atoms with E-state index in [0.29, 0.717) is 22.2 Å². The maximum atomic E-state index is 12.3. The van der Waals surface area contributed by atoms with Crippen LogP contribution in [0.4, 0.5) is 10.5 Å². The van der Waals surface area contributed by atoms with Crippen LogP contribution in [-0.2, 0) is 0 Å². The largest absolute Gasteiger partial charge is 0.366 e. The molecule has 0 atom stereocenters. The van der Waals surface area contributed by atoms with E-state index >= 15 is 0 Å². The summed E-state index contributed by atoms with van der Waals surface area (Å²) < 4.78 is 5.86. The number of carbonyl (C=O) groups excluding carboxylic acids is 2. The first-order chi connectivity index (χ1) is 10.6. The molecule has 0 saturated heterocycles. The Morgan fingerprint density at radius 2 is 1.86 bits per heavy atom. The minimum Gasteiger partial charge on any atom is -0.326 e. The van der Waals surface area contributed by atoms with Gasteiger partial charge in [0, 0.05) is 11.3 Å². The number of hydrogen-bond acceptors (Lipinski definition) is 4. The van der Waals surface area contributed by atoms with Gasteiger partial charge in [-0.05, 0) is 31.2 Å². The van der Waals surface area contributed by atoms with Gasteiger partial charge in [0.2, 0.25) is 0 Å². The first-order valence-electron chi connectivity index (χ1n) is 6.60. The normalized spacial score (nSPS) is 10.6. The maximum Gasteiger partial charge on any atom is 0.366 e. The highest BCUT2D eigenvalue weighted by Gasteiger charge is 2.15. The number of Topliss-reactive ketones (excluding diaryl/α,β-unsaturated/α-hetero) is 1. The molecule has 0 fully saturated rings. The SMILES string of the molecule is CC(=O)c1cccc(NC(=O)n2oc(=O)c3ccccc32)c1. The van der Waals surface area contributed by atoms with Crippen molar-refractivity contribution in [3.05, 3.63) is 64.5 Å². The molecule has 6 heteroatoms. The van der Waals surface area contributed by atoms with Crippen molar-refractivity contribution in [2.75, 3.05) is 5.32 Å². The van der Waals surface area contributed by atoms with E-state index in [2.05, 4.69) is 5.32 Å². The molecule has 0 unspecified atom stereocenters. The molecule has 110 valence electrons. The number of fused-ring (bicyclic) bond motifs is 1. The third-order valence-electron chi connectivity index (χ3n) is 3.22. The number of anilines is 1. The molecule has 0 aliphatic heterocycles. The summed E-state index contributed by atoms with van der Waals surface area (Å²) >= 11 is 0. The number of nitrogens with zero attached hydrogens (tertiary/aromatic N) is 1. The molecule has 3 aromatic rings. The Morgan fingerprint density at radius 3 is 2.64 bits per heavy atom. The number of ketones is 1. The van der Waals surface area contributed by atoms with E-state index in [4.69, 9.17) is 4.52 Å². The second-order valence-electron chi connectivity index (χ2n) is 4.76. The van der Waals surface area contributed by atoms with Crippen LogP contribution in [0.5, 0.6) is 0 Å². The Hall–Kier alpha value is -3.15. The van der Waals surface area contributed by atoms with E-state index in [1.165, 1.54) is 6.92 Å². The quantitative estimate of drug-likeness (QED) is 0.737. The molecule has 6 nitrogen and oxygen atoms in total. The molecule has 1 N–H and O–H groups in total. The maximum absolute atomic E-state index is 12.3. The number of amides is 1. The van der Waals surface area contributed by atoms with Crippen LogP contribution in [0, 0.1) is 0 Å².